The topological polar surface area (TPSA) is 190 Å². The minimum Gasteiger partial charge on any atom is -0.652 e. The molecule has 0 saturated heterocycles. The van der Waals surface area contributed by atoms with Gasteiger partial charge in [-0.2, -0.15) is 0 Å². The molecule has 0 aromatic carbocycles. The summed E-state index contributed by atoms with van der Waals surface area (Å²) in [5, 5.41) is 50.0. The number of hydrogen-bond acceptors (Lipinski definition) is 9. The van der Waals surface area contributed by atoms with Crippen LogP contribution in [0, 0.1) is 0 Å². The first-order valence-electron chi connectivity index (χ1n) is 1.84. The standard InChI is InChI=1S/3CH2O3.2Nb/c3*2-1(3)4;;/h3*(H2,2,3,4);;/q;;;2*+3/p-6. The Kier molecular flexibility index (Phi) is 47.6. The third-order valence-electron chi connectivity index (χ3n) is 0. The molecule has 0 aliphatic heterocycles. The van der Waals surface area contributed by atoms with E-state index < -0.39 is 18.5 Å². The number of rotatable bonds is 0. The average Bonchev–Trinajstić information content (AvgIpc) is 1.54. The Morgan fingerprint density at radius 3 is 0.500 bits per heavy atom. The van der Waals surface area contributed by atoms with Gasteiger partial charge in [0.1, 0.15) is 0 Å². The molecule has 0 unspecified atom stereocenters. The van der Waals surface area contributed by atoms with Crippen LogP contribution in [0.3, 0.4) is 0 Å². The second-order valence-electron chi connectivity index (χ2n) is 0.750. The van der Waals surface area contributed by atoms with Gasteiger partial charge >= 0.3 is 44.8 Å². The van der Waals surface area contributed by atoms with E-state index in [0.717, 1.165) is 0 Å². The summed E-state index contributed by atoms with van der Waals surface area (Å²) in [6.45, 7) is 0. The Morgan fingerprint density at radius 1 is 0.500 bits per heavy atom. The van der Waals surface area contributed by atoms with Gasteiger partial charge in [0.05, 0.1) is 0 Å². The van der Waals surface area contributed by atoms with Crippen LogP contribution in [0.25, 0.3) is 0 Å². The second kappa shape index (κ2) is 22.8. The van der Waals surface area contributed by atoms with E-state index in [4.69, 9.17) is 45.0 Å². The molecule has 0 N–H and O–H groups in total. The monoisotopic (exact) mass is 366 g/mol. The first kappa shape index (κ1) is 29.2. The molecule has 0 atom stereocenters. The molecule has 11 heteroatoms. The molecule has 0 radical (unpaired) electrons. The van der Waals surface area contributed by atoms with Crippen molar-refractivity contribution in [2.24, 2.45) is 0 Å². The number of carbonyl (C=O) groups is 3. The molecule has 0 aromatic rings. The van der Waals surface area contributed by atoms with Crippen LogP contribution in [-0.4, -0.2) is 18.5 Å². The molecule has 76 valence electrons. The van der Waals surface area contributed by atoms with Crippen LogP contribution in [0.2, 0.25) is 0 Å². The van der Waals surface area contributed by atoms with Gasteiger partial charge in [0.2, 0.25) is 0 Å². The zero-order valence-corrected chi connectivity index (χ0v) is 10.5. The van der Waals surface area contributed by atoms with Crippen LogP contribution in [0.5, 0.6) is 0 Å². The van der Waals surface area contributed by atoms with Crippen molar-refractivity contribution in [1.29, 1.82) is 0 Å². The number of hydrogen-bond donors (Lipinski definition) is 0. The molecule has 0 spiro atoms. The predicted molar refractivity (Wildman–Crippen MR) is 16.2 cm³/mol. The molecule has 0 aliphatic carbocycles. The fraction of sp³-hybridized carbons (Fsp3) is 0. The Morgan fingerprint density at radius 2 is 0.500 bits per heavy atom. The zero-order valence-electron chi connectivity index (χ0n) is 6.07. The van der Waals surface area contributed by atoms with Crippen molar-refractivity contribution < 1.29 is 89.8 Å². The molecule has 0 rings (SSSR count). The van der Waals surface area contributed by atoms with E-state index in [2.05, 4.69) is 0 Å². The molecule has 0 saturated carbocycles. The molecular formula is C3Nb2O9. The van der Waals surface area contributed by atoms with E-state index in [1.54, 1.807) is 0 Å². The van der Waals surface area contributed by atoms with Crippen molar-refractivity contribution in [3.05, 3.63) is 0 Å². The van der Waals surface area contributed by atoms with Crippen LogP contribution in [0.1, 0.15) is 0 Å². The van der Waals surface area contributed by atoms with E-state index in [1.165, 1.54) is 0 Å². The van der Waals surface area contributed by atoms with Gasteiger partial charge in [0, 0.05) is 0 Å². The Hall–Kier alpha value is -0.709. The third-order valence-corrected chi connectivity index (χ3v) is 0. The quantitative estimate of drug-likeness (QED) is 0.375. The Balaban J connectivity index is -0.0000000270. The predicted octanol–water partition coefficient (Wildman–Crippen LogP) is -7.35. The minimum absolute atomic E-state index is 0. The molecular weight excluding hydrogens is 366 g/mol. The van der Waals surface area contributed by atoms with Gasteiger partial charge in [-0.05, 0) is 18.5 Å². The minimum atomic E-state index is -2.33. The van der Waals surface area contributed by atoms with Crippen molar-refractivity contribution in [2.75, 3.05) is 0 Å². The molecule has 0 heterocycles. The van der Waals surface area contributed by atoms with E-state index >= 15 is 0 Å². The normalized spacial score (nSPS) is 5.14. The van der Waals surface area contributed by atoms with Gasteiger partial charge in [0.15, 0.2) is 0 Å². The van der Waals surface area contributed by atoms with Gasteiger partial charge in [-0.3, -0.25) is 0 Å². The van der Waals surface area contributed by atoms with Gasteiger partial charge in [-0.25, -0.2) is 0 Å². The summed E-state index contributed by atoms with van der Waals surface area (Å²) in [6, 6.07) is 0. The first-order chi connectivity index (χ1) is 5.20. The molecule has 14 heavy (non-hydrogen) atoms. The number of carboxylic acid groups (broad SMARTS) is 6. The van der Waals surface area contributed by atoms with Crippen LogP contribution in [0.4, 0.5) is 14.4 Å². The van der Waals surface area contributed by atoms with Crippen LogP contribution in [-0.2, 0) is 44.8 Å². The summed E-state index contributed by atoms with van der Waals surface area (Å²) in [4.78, 5) is 25.0. The maximum absolute atomic E-state index is 8.33. The van der Waals surface area contributed by atoms with Gasteiger partial charge in [-0.1, -0.05) is 0 Å². The van der Waals surface area contributed by atoms with Gasteiger partial charge in [-0.15, -0.1) is 0 Å². The van der Waals surface area contributed by atoms with Gasteiger partial charge in [0.25, 0.3) is 0 Å². The van der Waals surface area contributed by atoms with Gasteiger partial charge < -0.3 is 45.0 Å². The maximum Gasteiger partial charge on any atom is 3.00 e. The van der Waals surface area contributed by atoms with E-state index in [0.29, 0.717) is 0 Å². The van der Waals surface area contributed by atoms with Crippen LogP contribution >= 0.6 is 0 Å². The number of carbonyl (C=O) groups excluding carboxylic acids is 3. The fourth-order valence-electron chi connectivity index (χ4n) is 0. The van der Waals surface area contributed by atoms with Crippen LogP contribution in [0.15, 0.2) is 0 Å². The zero-order chi connectivity index (χ0) is 10.7. The summed E-state index contributed by atoms with van der Waals surface area (Å²) < 4.78 is 0. The summed E-state index contributed by atoms with van der Waals surface area (Å²) in [6.07, 6.45) is -7.00. The maximum atomic E-state index is 8.33. The second-order valence-corrected chi connectivity index (χ2v) is 0.750. The third kappa shape index (κ3) is 2380. The van der Waals surface area contributed by atoms with E-state index in [9.17, 15) is 0 Å². The molecule has 0 fully saturated rings. The van der Waals surface area contributed by atoms with Crippen molar-refractivity contribution >= 4 is 18.5 Å². The van der Waals surface area contributed by atoms with E-state index in [-0.39, 0.29) is 44.8 Å². The van der Waals surface area contributed by atoms with Crippen LogP contribution < -0.4 is 30.6 Å². The fourth-order valence-corrected chi connectivity index (χ4v) is 0. The SMILES string of the molecule is O=C([O-])[O-].O=C([O-])[O-].O=C([O-])[O-].[Nb+3].[Nb+3]. The first-order valence-corrected chi connectivity index (χ1v) is 1.84. The molecule has 0 bridgehead atoms. The summed E-state index contributed by atoms with van der Waals surface area (Å²) in [7, 11) is 0. The van der Waals surface area contributed by atoms with E-state index in [1.807, 2.05) is 0 Å². The average molecular weight is 366 g/mol. The van der Waals surface area contributed by atoms with Crippen molar-refractivity contribution in [3.63, 3.8) is 0 Å². The van der Waals surface area contributed by atoms with Crippen molar-refractivity contribution in [3.8, 4) is 0 Å². The van der Waals surface area contributed by atoms with Crippen molar-refractivity contribution in [1.82, 2.24) is 0 Å². The Bertz CT molecular complexity index is 116. The molecule has 9 nitrogen and oxygen atoms in total. The smallest absolute Gasteiger partial charge is 0.652 e. The molecule has 0 amide bonds. The Labute approximate surface area is 108 Å². The summed E-state index contributed by atoms with van der Waals surface area (Å²) >= 11 is 0. The summed E-state index contributed by atoms with van der Waals surface area (Å²) in [5.41, 5.74) is 0. The van der Waals surface area contributed by atoms with Crippen molar-refractivity contribution in [2.45, 2.75) is 0 Å². The molecule has 0 aromatic heterocycles. The molecule has 0 aliphatic rings. The summed E-state index contributed by atoms with van der Waals surface area (Å²) in [5.74, 6) is 0. The largest absolute Gasteiger partial charge is 3.00 e.